The number of benzene rings is 2. The number of nitrogens with zero attached hydrogens (tertiary/aromatic N) is 6. The summed E-state index contributed by atoms with van der Waals surface area (Å²) < 4.78 is 7.23. The number of ether oxygens (including phenoxy) is 1. The van der Waals surface area contributed by atoms with Crippen molar-refractivity contribution in [2.24, 2.45) is 0 Å². The van der Waals surface area contributed by atoms with Crippen LogP contribution >= 0.6 is 0 Å². The molecule has 1 spiro atoms. The summed E-state index contributed by atoms with van der Waals surface area (Å²) in [6, 6.07) is 15.0. The molecule has 3 aliphatic heterocycles. The van der Waals surface area contributed by atoms with E-state index in [9.17, 15) is 14.4 Å². The number of aromatic nitrogens is 3. The van der Waals surface area contributed by atoms with E-state index in [1.54, 1.807) is 14.0 Å². The van der Waals surface area contributed by atoms with Crippen molar-refractivity contribution in [2.45, 2.75) is 96.2 Å². The molecule has 0 bridgehead atoms. The average Bonchev–Trinajstić information content (AvgIpc) is 3.70. The molecule has 0 radical (unpaired) electrons. The SMILES string of the molecule is COCCNC(=O)c1cc(Nc2nc(-c3ccc4c(c3)N(C3CC(N5CCCCC5)C3)C(=O)C43CCN(C(C)=O)CC3)cc3ncn(C(C)C)c23)ccc1C. The number of aryl methyl sites for hydroxylation is 1. The Balaban J connectivity index is 1.16. The van der Waals surface area contributed by atoms with Crippen molar-refractivity contribution in [3.63, 3.8) is 0 Å². The van der Waals surface area contributed by atoms with Crippen molar-refractivity contribution in [1.29, 1.82) is 0 Å². The first-order chi connectivity index (χ1) is 26.6. The zero-order chi connectivity index (χ0) is 38.4. The molecule has 3 amide bonds. The molecule has 0 atom stereocenters. The van der Waals surface area contributed by atoms with E-state index in [1.165, 1.54) is 19.3 Å². The van der Waals surface area contributed by atoms with Crippen LogP contribution in [0.4, 0.5) is 17.2 Å². The average molecular weight is 747 g/mol. The lowest BCUT2D eigenvalue weighted by molar-refractivity contribution is -0.134. The zero-order valence-corrected chi connectivity index (χ0v) is 32.9. The van der Waals surface area contributed by atoms with Crippen molar-refractivity contribution < 1.29 is 19.1 Å². The second-order valence-corrected chi connectivity index (χ2v) is 16.2. The molecule has 290 valence electrons. The third-order valence-corrected chi connectivity index (χ3v) is 12.6. The highest BCUT2D eigenvalue weighted by Crippen LogP contribution is 2.52. The van der Waals surface area contributed by atoms with Gasteiger partial charge in [0.05, 0.1) is 29.6 Å². The molecule has 4 aliphatic rings. The number of likely N-dealkylation sites (tertiary alicyclic amines) is 2. The summed E-state index contributed by atoms with van der Waals surface area (Å²) in [5, 5.41) is 6.48. The second-order valence-electron chi connectivity index (χ2n) is 16.2. The monoisotopic (exact) mass is 746 g/mol. The van der Waals surface area contributed by atoms with Crippen molar-refractivity contribution in [3.8, 4) is 11.3 Å². The molecule has 2 N–H and O–H groups in total. The number of rotatable bonds is 10. The minimum Gasteiger partial charge on any atom is -0.383 e. The van der Waals surface area contributed by atoms with Gasteiger partial charge in [0.1, 0.15) is 5.52 Å². The highest BCUT2D eigenvalue weighted by molar-refractivity contribution is 6.09. The first kappa shape index (κ1) is 37.1. The van der Waals surface area contributed by atoms with E-state index in [2.05, 4.69) is 57.0 Å². The lowest BCUT2D eigenvalue weighted by Crippen LogP contribution is -2.58. The van der Waals surface area contributed by atoms with Crippen molar-refractivity contribution >= 4 is 45.9 Å². The number of anilines is 3. The lowest BCUT2D eigenvalue weighted by Gasteiger charge is -2.48. The highest BCUT2D eigenvalue weighted by atomic mass is 16.5. The molecule has 0 unspecified atom stereocenters. The minimum absolute atomic E-state index is 0.0640. The molecule has 55 heavy (non-hydrogen) atoms. The van der Waals surface area contributed by atoms with Gasteiger partial charge in [0.2, 0.25) is 11.8 Å². The normalized spacial score (nSPS) is 20.9. The van der Waals surface area contributed by atoms with Gasteiger partial charge in [-0.2, -0.15) is 0 Å². The quantitative estimate of drug-likeness (QED) is 0.180. The third kappa shape index (κ3) is 6.77. The molecule has 2 saturated heterocycles. The molecule has 4 aromatic rings. The van der Waals surface area contributed by atoms with Gasteiger partial charge in [0, 0.05) is 74.3 Å². The minimum atomic E-state index is -0.630. The predicted octanol–water partition coefficient (Wildman–Crippen LogP) is 6.35. The molecule has 12 nitrogen and oxygen atoms in total. The number of methoxy groups -OCH3 is 1. The number of imidazole rings is 1. The van der Waals surface area contributed by atoms with Crippen LogP contribution in [0.5, 0.6) is 0 Å². The fourth-order valence-electron chi connectivity index (χ4n) is 9.28. The number of carbonyl (C=O) groups excluding carboxylic acids is 3. The molecule has 8 rings (SSSR count). The first-order valence-electron chi connectivity index (χ1n) is 20.1. The fraction of sp³-hybridized carbons (Fsp3) is 0.512. The molecule has 1 aliphatic carbocycles. The van der Waals surface area contributed by atoms with Crippen LogP contribution < -0.4 is 15.5 Å². The van der Waals surface area contributed by atoms with Gasteiger partial charge >= 0.3 is 0 Å². The van der Waals surface area contributed by atoms with Crippen LogP contribution in [0.2, 0.25) is 0 Å². The number of hydrogen-bond donors (Lipinski definition) is 2. The van der Waals surface area contributed by atoms with E-state index in [0.717, 1.165) is 70.7 Å². The number of amides is 3. The Labute approximate surface area is 323 Å². The van der Waals surface area contributed by atoms with Crippen molar-refractivity contribution in [2.75, 3.05) is 56.7 Å². The summed E-state index contributed by atoms with van der Waals surface area (Å²) in [5.74, 6) is 0.730. The maximum absolute atomic E-state index is 14.8. The summed E-state index contributed by atoms with van der Waals surface area (Å²) in [7, 11) is 1.61. The Morgan fingerprint density at radius 2 is 1.75 bits per heavy atom. The van der Waals surface area contributed by atoms with Gasteiger partial charge in [-0.3, -0.25) is 14.4 Å². The van der Waals surface area contributed by atoms with Gasteiger partial charge < -0.3 is 34.6 Å². The van der Waals surface area contributed by atoms with Crippen molar-refractivity contribution in [3.05, 3.63) is 65.5 Å². The molecular weight excluding hydrogens is 693 g/mol. The van der Waals surface area contributed by atoms with E-state index in [0.29, 0.717) is 56.5 Å². The van der Waals surface area contributed by atoms with Crippen LogP contribution in [0.15, 0.2) is 48.8 Å². The van der Waals surface area contributed by atoms with E-state index in [-0.39, 0.29) is 29.8 Å². The number of fused-ring (bicyclic) bond motifs is 3. The second kappa shape index (κ2) is 15.0. The molecule has 1 saturated carbocycles. The fourth-order valence-corrected chi connectivity index (χ4v) is 9.28. The van der Waals surface area contributed by atoms with Gasteiger partial charge in [0.25, 0.3) is 5.91 Å². The Morgan fingerprint density at radius 3 is 2.45 bits per heavy atom. The van der Waals surface area contributed by atoms with Crippen LogP contribution in [0.1, 0.15) is 93.2 Å². The zero-order valence-electron chi connectivity index (χ0n) is 32.9. The molecular formula is C43H54N8O4. The summed E-state index contributed by atoms with van der Waals surface area (Å²) in [6.07, 6.45) is 8.90. The van der Waals surface area contributed by atoms with Crippen LogP contribution in [-0.2, 0) is 19.7 Å². The van der Waals surface area contributed by atoms with E-state index in [4.69, 9.17) is 14.7 Å². The predicted molar refractivity (Wildman–Crippen MR) is 215 cm³/mol. The molecule has 2 aromatic heterocycles. The van der Waals surface area contributed by atoms with Crippen LogP contribution in [0, 0.1) is 6.92 Å². The van der Waals surface area contributed by atoms with Gasteiger partial charge in [-0.1, -0.05) is 24.6 Å². The molecule has 5 heterocycles. The first-order valence-corrected chi connectivity index (χ1v) is 20.1. The summed E-state index contributed by atoms with van der Waals surface area (Å²) >= 11 is 0. The standard InChI is InChI=1S/C43H54N8O4/c1-27(2)50-26-45-37-25-36(47-40(39(37)50)46-31-11-9-28(3)34(22-31)41(53)44-15-20-55-5)30-10-12-35-38(21-30)51(33-23-32(24-33)49-16-7-6-8-17-49)42(54)43(35)13-18-48(19-14-43)29(4)52/h9-12,21-22,25-27,32-33H,6-8,13-20,23-24H2,1-5H3,(H,44,53)(H,46,47). The largest absolute Gasteiger partial charge is 0.383 e. The number of hydrogen-bond acceptors (Lipinski definition) is 8. The molecule has 12 heteroatoms. The lowest BCUT2D eigenvalue weighted by atomic mass is 9.73. The van der Waals surface area contributed by atoms with Gasteiger partial charge in [-0.05, 0) is 108 Å². The van der Waals surface area contributed by atoms with Gasteiger partial charge in [-0.15, -0.1) is 0 Å². The smallest absolute Gasteiger partial charge is 0.251 e. The van der Waals surface area contributed by atoms with Crippen LogP contribution in [0.3, 0.4) is 0 Å². The Hall–Kier alpha value is -4.81. The van der Waals surface area contributed by atoms with Crippen LogP contribution in [-0.4, -0.2) is 101 Å². The summed E-state index contributed by atoms with van der Waals surface area (Å²) in [5.41, 5.74) is 6.94. The Bertz CT molecular complexity index is 2110. The number of pyridine rings is 1. The number of nitrogens with one attached hydrogen (secondary N) is 2. The van der Waals surface area contributed by atoms with Gasteiger partial charge in [0.15, 0.2) is 5.82 Å². The topological polar surface area (TPSA) is 125 Å². The summed E-state index contributed by atoms with van der Waals surface area (Å²) in [6.45, 7) is 12.1. The van der Waals surface area contributed by atoms with Gasteiger partial charge in [-0.25, -0.2) is 9.97 Å². The molecule has 3 fully saturated rings. The number of piperidine rings is 2. The molecule has 2 aromatic carbocycles. The van der Waals surface area contributed by atoms with E-state index >= 15 is 0 Å². The van der Waals surface area contributed by atoms with E-state index in [1.807, 2.05) is 42.4 Å². The third-order valence-electron chi connectivity index (χ3n) is 12.6. The number of carbonyl (C=O) groups is 3. The summed E-state index contributed by atoms with van der Waals surface area (Å²) in [4.78, 5) is 56.9. The van der Waals surface area contributed by atoms with Crippen molar-refractivity contribution in [1.82, 2.24) is 29.7 Å². The Kier molecular flexibility index (Phi) is 10.1. The van der Waals surface area contributed by atoms with Crippen LogP contribution in [0.25, 0.3) is 22.3 Å². The van der Waals surface area contributed by atoms with E-state index < -0.39 is 5.41 Å². The Morgan fingerprint density at radius 1 is 0.982 bits per heavy atom. The maximum atomic E-state index is 14.8. The highest BCUT2D eigenvalue weighted by Gasteiger charge is 2.55. The maximum Gasteiger partial charge on any atom is 0.251 e.